The van der Waals surface area contributed by atoms with Crippen molar-refractivity contribution < 1.29 is 42.9 Å². The number of amides is 4. The Balaban J connectivity index is 1.05. The van der Waals surface area contributed by atoms with Gasteiger partial charge in [-0.1, -0.05) is 48.5 Å². The Labute approximate surface area is 343 Å². The zero-order chi connectivity index (χ0) is 41.8. The third kappa shape index (κ3) is 8.42. The summed E-state index contributed by atoms with van der Waals surface area (Å²) in [4.78, 5) is 67.1. The number of benzene rings is 2. The quantitative estimate of drug-likeness (QED) is 0.132. The van der Waals surface area contributed by atoms with E-state index in [1.165, 1.54) is 28.4 Å². The van der Waals surface area contributed by atoms with Crippen molar-refractivity contribution in [2.75, 3.05) is 41.5 Å². The van der Waals surface area contributed by atoms with Crippen LogP contribution in [0.25, 0.3) is 33.6 Å². The average Bonchev–Trinajstić information content (AvgIpc) is 4.12. The SMILES string of the molecule is COC(=O)N[C@H](C(=O)N1CCC[C@@H]1c1[nH]c(-c2ccc(-c3ccc(-c4cnc([C@@H]5CCCN5C(=O)[C@@H](NC(=O)OC)[C@@H](C)OC)[nH]4)cc3)cc2)c2c1COC2)C(C)OC. The van der Waals surface area contributed by atoms with Gasteiger partial charge in [-0.05, 0) is 61.8 Å². The summed E-state index contributed by atoms with van der Waals surface area (Å²) < 4.78 is 26.4. The summed E-state index contributed by atoms with van der Waals surface area (Å²) in [5, 5.41) is 5.29. The lowest BCUT2D eigenvalue weighted by atomic mass is 9.99. The number of rotatable bonds is 13. The summed E-state index contributed by atoms with van der Waals surface area (Å²) in [7, 11) is 5.54. The van der Waals surface area contributed by atoms with Gasteiger partial charge in [0.2, 0.25) is 11.8 Å². The third-order valence-corrected chi connectivity index (χ3v) is 11.9. The van der Waals surface area contributed by atoms with E-state index in [1.54, 1.807) is 24.9 Å². The molecule has 2 saturated heterocycles. The minimum absolute atomic E-state index is 0.201. The van der Waals surface area contributed by atoms with E-state index in [1.807, 2.05) is 17.0 Å². The molecule has 2 aromatic carbocycles. The van der Waals surface area contributed by atoms with E-state index in [0.717, 1.165) is 76.1 Å². The highest BCUT2D eigenvalue weighted by atomic mass is 16.5. The van der Waals surface area contributed by atoms with Crippen molar-refractivity contribution in [3.05, 3.63) is 77.4 Å². The van der Waals surface area contributed by atoms with E-state index in [2.05, 4.69) is 62.0 Å². The number of ether oxygens (including phenoxy) is 5. The summed E-state index contributed by atoms with van der Waals surface area (Å²) in [6.45, 7) is 5.52. The van der Waals surface area contributed by atoms with Gasteiger partial charge in [0.15, 0.2) is 0 Å². The smallest absolute Gasteiger partial charge is 0.407 e. The van der Waals surface area contributed by atoms with Crippen molar-refractivity contribution in [3.63, 3.8) is 0 Å². The molecule has 0 aliphatic carbocycles. The zero-order valence-corrected chi connectivity index (χ0v) is 34.3. The highest BCUT2D eigenvalue weighted by molar-refractivity contribution is 5.88. The van der Waals surface area contributed by atoms with E-state index in [-0.39, 0.29) is 23.9 Å². The van der Waals surface area contributed by atoms with Gasteiger partial charge in [-0.2, -0.15) is 0 Å². The second-order valence-corrected chi connectivity index (χ2v) is 15.2. The van der Waals surface area contributed by atoms with Crippen molar-refractivity contribution in [3.8, 4) is 33.6 Å². The molecule has 1 unspecified atom stereocenters. The van der Waals surface area contributed by atoms with E-state index >= 15 is 0 Å². The highest BCUT2D eigenvalue weighted by Crippen LogP contribution is 2.42. The fourth-order valence-corrected chi connectivity index (χ4v) is 8.44. The maximum absolute atomic E-state index is 13.9. The zero-order valence-electron chi connectivity index (χ0n) is 34.3. The van der Waals surface area contributed by atoms with Crippen LogP contribution in [0.3, 0.4) is 0 Å². The van der Waals surface area contributed by atoms with Crippen LogP contribution >= 0.6 is 0 Å². The molecular formula is C43H53N7O9. The van der Waals surface area contributed by atoms with Gasteiger partial charge in [-0.3, -0.25) is 9.59 Å². The van der Waals surface area contributed by atoms with Gasteiger partial charge >= 0.3 is 12.2 Å². The van der Waals surface area contributed by atoms with Crippen LogP contribution in [-0.4, -0.2) is 115 Å². The molecule has 4 N–H and O–H groups in total. The normalized spacial score (nSPS) is 19.5. The number of imidazole rings is 1. The molecule has 314 valence electrons. The summed E-state index contributed by atoms with van der Waals surface area (Å²) in [5.41, 5.74) is 9.02. The number of hydrogen-bond donors (Lipinski definition) is 4. The summed E-state index contributed by atoms with van der Waals surface area (Å²) in [5.74, 6) is 0.216. The number of carbonyl (C=O) groups excluding carboxylic acids is 4. The second kappa shape index (κ2) is 18.1. The Bertz CT molecular complexity index is 2130. The van der Waals surface area contributed by atoms with E-state index in [0.29, 0.717) is 32.1 Å². The van der Waals surface area contributed by atoms with Crippen molar-refractivity contribution in [2.24, 2.45) is 0 Å². The van der Waals surface area contributed by atoms with Crippen LogP contribution in [0.5, 0.6) is 0 Å². The van der Waals surface area contributed by atoms with Crippen LogP contribution in [0.1, 0.15) is 74.3 Å². The number of methoxy groups -OCH3 is 4. The molecule has 59 heavy (non-hydrogen) atoms. The molecule has 2 fully saturated rings. The number of aromatic amines is 2. The lowest BCUT2D eigenvalue weighted by Crippen LogP contribution is -2.54. The summed E-state index contributed by atoms with van der Waals surface area (Å²) in [6.07, 6.45) is 2.44. The first-order valence-corrected chi connectivity index (χ1v) is 20.0. The highest BCUT2D eigenvalue weighted by Gasteiger charge is 2.41. The summed E-state index contributed by atoms with van der Waals surface area (Å²) >= 11 is 0. The number of alkyl carbamates (subject to hydrolysis) is 2. The maximum Gasteiger partial charge on any atom is 0.407 e. The van der Waals surface area contributed by atoms with E-state index in [4.69, 9.17) is 23.7 Å². The molecule has 0 saturated carbocycles. The Morgan fingerprint density at radius 2 is 1.19 bits per heavy atom. The fraction of sp³-hybridized carbons (Fsp3) is 0.465. The Morgan fingerprint density at radius 3 is 1.73 bits per heavy atom. The molecule has 5 heterocycles. The molecule has 3 aliphatic rings. The van der Waals surface area contributed by atoms with E-state index in [9.17, 15) is 19.2 Å². The average molecular weight is 812 g/mol. The van der Waals surface area contributed by atoms with Crippen molar-refractivity contribution >= 4 is 24.0 Å². The topological polar surface area (TPSA) is 189 Å². The number of nitrogens with zero attached hydrogens (tertiary/aromatic N) is 3. The van der Waals surface area contributed by atoms with Gasteiger partial charge < -0.3 is 54.1 Å². The van der Waals surface area contributed by atoms with Crippen LogP contribution in [0.2, 0.25) is 0 Å². The minimum atomic E-state index is -0.901. The number of aromatic nitrogens is 3. The number of nitrogens with one attached hydrogen (secondary N) is 4. The third-order valence-electron chi connectivity index (χ3n) is 11.9. The molecular weight excluding hydrogens is 759 g/mol. The van der Waals surface area contributed by atoms with Gasteiger partial charge in [-0.15, -0.1) is 0 Å². The molecule has 6 atom stereocenters. The van der Waals surface area contributed by atoms with Gasteiger partial charge in [0.25, 0.3) is 0 Å². The molecule has 3 aliphatic heterocycles. The monoisotopic (exact) mass is 811 g/mol. The van der Waals surface area contributed by atoms with Crippen LogP contribution in [-0.2, 0) is 46.5 Å². The van der Waals surface area contributed by atoms with Gasteiger partial charge in [0.1, 0.15) is 17.9 Å². The first-order valence-electron chi connectivity index (χ1n) is 20.0. The minimum Gasteiger partial charge on any atom is -0.453 e. The van der Waals surface area contributed by atoms with Crippen LogP contribution in [0.4, 0.5) is 9.59 Å². The predicted molar refractivity (Wildman–Crippen MR) is 217 cm³/mol. The van der Waals surface area contributed by atoms with Crippen LogP contribution < -0.4 is 10.6 Å². The largest absolute Gasteiger partial charge is 0.453 e. The van der Waals surface area contributed by atoms with Gasteiger partial charge in [0, 0.05) is 44.1 Å². The number of hydrogen-bond acceptors (Lipinski definition) is 10. The molecule has 4 amide bonds. The first-order chi connectivity index (χ1) is 28.6. The fourth-order valence-electron chi connectivity index (χ4n) is 8.44. The van der Waals surface area contributed by atoms with Gasteiger partial charge in [-0.25, -0.2) is 14.6 Å². The van der Waals surface area contributed by atoms with Crippen LogP contribution in [0, 0.1) is 0 Å². The standard InChI is InChI=1S/C43H53N7O9/c1-24(55-3)35(47-42(53)57-5)40(51)49-19-7-9-33(49)38-31-23-59-22-30(31)37(46-38)29-17-13-27(14-18-29)26-11-15-28(16-12-26)32-21-44-39(45-32)34-10-8-20-50(34)41(52)36(25(2)56-4)48-43(54)58-6/h11-18,21,24-25,33-36,46H,7-10,19-20,22-23H2,1-6H3,(H,44,45)(H,47,53)(H,48,54)/t24?,25-,33-,34+,35+,36+/m1/s1. The Hall–Kier alpha value is -5.71. The number of carbonyl (C=O) groups is 4. The maximum atomic E-state index is 13.9. The van der Waals surface area contributed by atoms with Crippen molar-refractivity contribution in [1.29, 1.82) is 0 Å². The Kier molecular flexibility index (Phi) is 12.7. The molecule has 16 heteroatoms. The predicted octanol–water partition coefficient (Wildman–Crippen LogP) is 5.62. The molecule has 2 aromatic heterocycles. The number of H-pyrrole nitrogens is 2. The van der Waals surface area contributed by atoms with Crippen LogP contribution in [0.15, 0.2) is 54.7 Å². The lowest BCUT2D eigenvalue weighted by Gasteiger charge is -2.31. The van der Waals surface area contributed by atoms with E-state index < -0.39 is 36.5 Å². The molecule has 16 nitrogen and oxygen atoms in total. The number of fused-ring (bicyclic) bond motifs is 1. The lowest BCUT2D eigenvalue weighted by molar-refractivity contribution is -0.138. The molecule has 7 rings (SSSR count). The van der Waals surface area contributed by atoms with Crippen molar-refractivity contribution in [1.82, 2.24) is 35.4 Å². The van der Waals surface area contributed by atoms with Gasteiger partial charge in [0.05, 0.1) is 69.3 Å². The molecule has 0 radical (unpaired) electrons. The Morgan fingerprint density at radius 1 is 0.695 bits per heavy atom. The molecule has 0 spiro atoms. The van der Waals surface area contributed by atoms with Crippen molar-refractivity contribution in [2.45, 2.75) is 89.1 Å². The molecule has 0 bridgehead atoms. The first kappa shape index (κ1) is 41.4. The second-order valence-electron chi connectivity index (χ2n) is 15.2. The summed E-state index contributed by atoms with van der Waals surface area (Å²) in [6, 6.07) is 14.4. The number of likely N-dealkylation sites (tertiary alicyclic amines) is 2. The molecule has 4 aromatic rings.